The van der Waals surface area contributed by atoms with Crippen LogP contribution in [-0.4, -0.2) is 37.2 Å². The topological polar surface area (TPSA) is 78.9 Å². The number of allylic oxidation sites excluding steroid dienone is 28. The molecule has 0 saturated heterocycles. The predicted molar refractivity (Wildman–Crippen MR) is 343 cm³/mol. The van der Waals surface area contributed by atoms with E-state index in [1.54, 1.807) is 0 Å². The summed E-state index contributed by atoms with van der Waals surface area (Å²) in [5, 5.41) is 0. The Bertz CT molecular complexity index is 1820. The van der Waals surface area contributed by atoms with Crippen LogP contribution in [0.5, 0.6) is 0 Å². The highest BCUT2D eigenvalue weighted by Crippen LogP contribution is 2.15. The first-order valence-electron chi connectivity index (χ1n) is 31.6. The Labute approximate surface area is 485 Å². The summed E-state index contributed by atoms with van der Waals surface area (Å²) in [6.07, 6.45) is 96.6. The Morgan fingerprint density at radius 3 is 0.759 bits per heavy atom. The summed E-state index contributed by atoms with van der Waals surface area (Å²) in [6.45, 7) is 6.21. The molecule has 0 radical (unpaired) electrons. The molecule has 0 aromatic rings. The van der Waals surface area contributed by atoms with E-state index in [2.05, 4.69) is 191 Å². The Morgan fingerprint density at radius 2 is 0.468 bits per heavy atom. The Balaban J connectivity index is 4.35. The zero-order chi connectivity index (χ0) is 57.1. The zero-order valence-corrected chi connectivity index (χ0v) is 50.6. The van der Waals surface area contributed by atoms with E-state index < -0.39 is 6.10 Å². The molecule has 6 heteroatoms. The molecule has 1 unspecified atom stereocenters. The lowest BCUT2D eigenvalue weighted by atomic mass is 10.0. The van der Waals surface area contributed by atoms with Gasteiger partial charge >= 0.3 is 17.9 Å². The number of esters is 3. The van der Waals surface area contributed by atoms with E-state index in [9.17, 15) is 14.4 Å². The predicted octanol–water partition coefficient (Wildman–Crippen LogP) is 21.9. The molecule has 0 fully saturated rings. The minimum absolute atomic E-state index is 0.118. The molecule has 0 heterocycles. The molecule has 442 valence electrons. The average Bonchev–Trinajstić information content (AvgIpc) is 3.45. The minimum Gasteiger partial charge on any atom is -0.462 e. The molecule has 1 atom stereocenters. The van der Waals surface area contributed by atoms with Gasteiger partial charge in [-0.1, -0.05) is 262 Å². The summed E-state index contributed by atoms with van der Waals surface area (Å²) in [6, 6.07) is 0. The van der Waals surface area contributed by atoms with Gasteiger partial charge in [-0.3, -0.25) is 14.4 Å². The average molecular weight is 1090 g/mol. The quantitative estimate of drug-likeness (QED) is 0.0261. The summed E-state index contributed by atoms with van der Waals surface area (Å²) in [4.78, 5) is 38.2. The maximum atomic E-state index is 12.9. The first-order valence-corrected chi connectivity index (χ1v) is 31.6. The Kier molecular flexibility index (Phi) is 61.0. The Hall–Kier alpha value is -5.23. The van der Waals surface area contributed by atoms with E-state index >= 15 is 0 Å². The molecule has 0 aromatic carbocycles. The van der Waals surface area contributed by atoms with Gasteiger partial charge in [0.2, 0.25) is 0 Å². The van der Waals surface area contributed by atoms with Gasteiger partial charge in [0.1, 0.15) is 13.2 Å². The van der Waals surface area contributed by atoms with Gasteiger partial charge in [0.25, 0.3) is 0 Å². The molecule has 0 aromatic heterocycles. The van der Waals surface area contributed by atoms with Crippen LogP contribution in [0.3, 0.4) is 0 Å². The number of hydrogen-bond donors (Lipinski definition) is 0. The standard InChI is InChI=1S/C73H114O6/c1-4-7-10-13-16-19-22-25-27-29-30-31-32-33-34-35-36-37-38-39-40-41-42-44-45-48-51-54-57-60-63-66-72(75)78-69-70(68-77-71(74)65-62-59-56-53-50-47-24-21-18-15-12-9-6-3)79-73(76)67-64-61-58-55-52-49-46-43-28-26-23-20-17-14-11-8-5-2/h7-12,16-21,25-28,30-31,33-34,36-37,46-47,49-50,55,58,70H,4-6,13-15,22-24,29,32,35,38-45,48,51-54,56-57,59-69H2,1-3H3/b10-7-,11-8-,12-9-,19-16-,20-17-,21-18-,27-25-,28-26-,31-30-,34-33-,37-36-,49-46-,50-47-,58-55-. The molecule has 0 N–H and O–H groups in total. The zero-order valence-electron chi connectivity index (χ0n) is 50.6. The lowest BCUT2D eigenvalue weighted by molar-refractivity contribution is -0.167. The van der Waals surface area contributed by atoms with Crippen LogP contribution >= 0.6 is 0 Å². The lowest BCUT2D eigenvalue weighted by Gasteiger charge is -2.18. The molecular weight excluding hydrogens is 973 g/mol. The van der Waals surface area contributed by atoms with Crippen LogP contribution in [0.15, 0.2) is 170 Å². The fourth-order valence-corrected chi connectivity index (χ4v) is 8.08. The first-order chi connectivity index (χ1) is 39.0. The van der Waals surface area contributed by atoms with E-state index in [1.165, 1.54) is 64.2 Å². The highest BCUT2D eigenvalue weighted by molar-refractivity contribution is 5.71. The molecule has 79 heavy (non-hydrogen) atoms. The largest absolute Gasteiger partial charge is 0.462 e. The summed E-state index contributed by atoms with van der Waals surface area (Å²) in [5.74, 6) is -1.02. The molecular formula is C73H114O6. The van der Waals surface area contributed by atoms with Crippen molar-refractivity contribution >= 4 is 17.9 Å². The number of hydrogen-bond acceptors (Lipinski definition) is 6. The molecule has 6 nitrogen and oxygen atoms in total. The fraction of sp³-hybridized carbons (Fsp3) is 0.575. The minimum atomic E-state index is -0.829. The van der Waals surface area contributed by atoms with Crippen molar-refractivity contribution in [3.8, 4) is 0 Å². The van der Waals surface area contributed by atoms with E-state index in [1.807, 2.05) is 0 Å². The monoisotopic (exact) mass is 1090 g/mol. The van der Waals surface area contributed by atoms with Crippen molar-refractivity contribution in [1.82, 2.24) is 0 Å². The molecule has 0 aliphatic rings. The van der Waals surface area contributed by atoms with Crippen LogP contribution in [0, 0.1) is 0 Å². The van der Waals surface area contributed by atoms with E-state index in [0.29, 0.717) is 19.3 Å². The van der Waals surface area contributed by atoms with Crippen molar-refractivity contribution in [3.63, 3.8) is 0 Å². The maximum Gasteiger partial charge on any atom is 0.306 e. The molecule has 0 rings (SSSR count). The van der Waals surface area contributed by atoms with Gasteiger partial charge in [0, 0.05) is 19.3 Å². The van der Waals surface area contributed by atoms with Crippen molar-refractivity contribution in [2.24, 2.45) is 0 Å². The normalized spacial score (nSPS) is 13.3. The lowest BCUT2D eigenvalue weighted by Crippen LogP contribution is -2.30. The van der Waals surface area contributed by atoms with Crippen molar-refractivity contribution in [1.29, 1.82) is 0 Å². The van der Waals surface area contributed by atoms with Crippen molar-refractivity contribution < 1.29 is 28.6 Å². The van der Waals surface area contributed by atoms with Crippen LogP contribution < -0.4 is 0 Å². The summed E-state index contributed by atoms with van der Waals surface area (Å²) in [7, 11) is 0. The molecule has 0 amide bonds. The molecule has 0 bridgehead atoms. The molecule has 0 aliphatic heterocycles. The van der Waals surface area contributed by atoms with E-state index in [-0.39, 0.29) is 37.5 Å². The number of ether oxygens (including phenoxy) is 3. The molecule has 0 saturated carbocycles. The number of carbonyl (C=O) groups excluding carboxylic acids is 3. The van der Waals surface area contributed by atoms with Gasteiger partial charge in [0.15, 0.2) is 6.10 Å². The van der Waals surface area contributed by atoms with E-state index in [0.717, 1.165) is 141 Å². The van der Waals surface area contributed by atoms with Gasteiger partial charge in [-0.2, -0.15) is 0 Å². The van der Waals surface area contributed by atoms with Gasteiger partial charge in [-0.25, -0.2) is 0 Å². The van der Waals surface area contributed by atoms with Gasteiger partial charge < -0.3 is 14.2 Å². The second kappa shape index (κ2) is 65.3. The summed E-state index contributed by atoms with van der Waals surface area (Å²) in [5.41, 5.74) is 0. The first kappa shape index (κ1) is 73.8. The second-order valence-corrected chi connectivity index (χ2v) is 20.2. The highest BCUT2D eigenvalue weighted by Gasteiger charge is 2.19. The smallest absolute Gasteiger partial charge is 0.306 e. The maximum absolute atomic E-state index is 12.9. The van der Waals surface area contributed by atoms with Gasteiger partial charge in [-0.05, 0) is 141 Å². The third-order valence-electron chi connectivity index (χ3n) is 12.7. The van der Waals surface area contributed by atoms with Crippen LogP contribution in [0.25, 0.3) is 0 Å². The van der Waals surface area contributed by atoms with Gasteiger partial charge in [0.05, 0.1) is 0 Å². The van der Waals surface area contributed by atoms with Crippen molar-refractivity contribution in [3.05, 3.63) is 170 Å². The Morgan fingerprint density at radius 1 is 0.253 bits per heavy atom. The number of carbonyl (C=O) groups is 3. The van der Waals surface area contributed by atoms with Crippen LogP contribution in [0.4, 0.5) is 0 Å². The summed E-state index contributed by atoms with van der Waals surface area (Å²) < 4.78 is 16.8. The van der Waals surface area contributed by atoms with Crippen LogP contribution in [0.1, 0.15) is 252 Å². The molecule has 0 aliphatic carbocycles. The summed E-state index contributed by atoms with van der Waals surface area (Å²) >= 11 is 0. The van der Waals surface area contributed by atoms with Crippen LogP contribution in [-0.2, 0) is 28.6 Å². The number of unbranched alkanes of at least 4 members (excludes halogenated alkanes) is 16. The molecule has 0 spiro atoms. The second-order valence-electron chi connectivity index (χ2n) is 20.2. The van der Waals surface area contributed by atoms with Crippen LogP contribution in [0.2, 0.25) is 0 Å². The fourth-order valence-electron chi connectivity index (χ4n) is 8.08. The van der Waals surface area contributed by atoms with E-state index in [4.69, 9.17) is 14.2 Å². The highest BCUT2D eigenvalue weighted by atomic mass is 16.6. The van der Waals surface area contributed by atoms with Crippen molar-refractivity contribution in [2.45, 2.75) is 258 Å². The SMILES string of the molecule is CC/C=C\C/C=C\C/C=C\C/C=C\C/C=C\C/C=C\CCCCCCCCCCCCCCC(=O)OCC(COC(=O)CCCCC/C=C\C/C=C\C/C=C\CC)OC(=O)CCC/C=C\C/C=C\C/C=C\C/C=C\C/C=C\CC. The third-order valence-corrected chi connectivity index (χ3v) is 12.7. The van der Waals surface area contributed by atoms with Gasteiger partial charge in [-0.15, -0.1) is 0 Å². The number of rotatable bonds is 55. The third kappa shape index (κ3) is 63.5. The van der Waals surface area contributed by atoms with Crippen molar-refractivity contribution in [2.75, 3.05) is 13.2 Å².